The van der Waals surface area contributed by atoms with E-state index in [1.807, 2.05) is 0 Å². The minimum Gasteiger partial charge on any atom is -0.462 e. The summed E-state index contributed by atoms with van der Waals surface area (Å²) >= 11 is 0. The first kappa shape index (κ1) is 63.1. The summed E-state index contributed by atoms with van der Waals surface area (Å²) in [6, 6.07) is 0. The summed E-state index contributed by atoms with van der Waals surface area (Å²) in [4.78, 5) is 37.9. The fraction of sp³-hybridized carbons (Fsp3) is 0.656. The van der Waals surface area contributed by atoms with E-state index in [-0.39, 0.29) is 31.1 Å². The van der Waals surface area contributed by atoms with E-state index < -0.39 is 6.10 Å². The Balaban J connectivity index is 4.34. The molecule has 0 aromatic rings. The zero-order chi connectivity index (χ0) is 48.6. The topological polar surface area (TPSA) is 78.9 Å². The van der Waals surface area contributed by atoms with E-state index in [0.717, 1.165) is 122 Å². The summed E-state index contributed by atoms with van der Waals surface area (Å²) in [6.07, 6.45) is 73.8. The monoisotopic (exact) mass is 929 g/mol. The molecule has 0 bridgehead atoms. The molecule has 6 nitrogen and oxygen atoms in total. The van der Waals surface area contributed by atoms with Crippen molar-refractivity contribution >= 4 is 17.9 Å². The van der Waals surface area contributed by atoms with Crippen molar-refractivity contribution in [1.29, 1.82) is 0 Å². The minimum atomic E-state index is -0.798. The first-order chi connectivity index (χ1) is 33.0. The van der Waals surface area contributed by atoms with E-state index >= 15 is 0 Å². The number of hydrogen-bond acceptors (Lipinski definition) is 6. The number of rotatable bonds is 48. The van der Waals surface area contributed by atoms with Crippen LogP contribution in [0.15, 0.2) is 109 Å². The van der Waals surface area contributed by atoms with Gasteiger partial charge in [-0.15, -0.1) is 0 Å². The first-order valence-corrected chi connectivity index (χ1v) is 27.4. The van der Waals surface area contributed by atoms with Crippen LogP contribution in [0.3, 0.4) is 0 Å². The second-order valence-corrected chi connectivity index (χ2v) is 17.8. The van der Waals surface area contributed by atoms with E-state index in [0.29, 0.717) is 19.3 Å². The summed E-state index contributed by atoms with van der Waals surface area (Å²) in [5.41, 5.74) is 0. The summed E-state index contributed by atoms with van der Waals surface area (Å²) in [6.45, 7) is 6.43. The Bertz CT molecular complexity index is 1390. The number of carbonyl (C=O) groups is 3. The predicted octanol–water partition coefficient (Wildman–Crippen LogP) is 18.3. The lowest BCUT2D eigenvalue weighted by molar-refractivity contribution is -0.167. The summed E-state index contributed by atoms with van der Waals surface area (Å²) in [5, 5.41) is 0. The van der Waals surface area contributed by atoms with Gasteiger partial charge in [-0.2, -0.15) is 0 Å². The van der Waals surface area contributed by atoms with Crippen LogP contribution in [0.5, 0.6) is 0 Å². The van der Waals surface area contributed by atoms with Crippen molar-refractivity contribution in [2.24, 2.45) is 0 Å². The zero-order valence-corrected chi connectivity index (χ0v) is 43.4. The molecule has 0 heterocycles. The van der Waals surface area contributed by atoms with Crippen molar-refractivity contribution in [3.05, 3.63) is 109 Å². The molecule has 0 aromatic carbocycles. The number of hydrogen-bond donors (Lipinski definition) is 0. The highest BCUT2D eigenvalue weighted by molar-refractivity contribution is 5.71. The Hall–Kier alpha value is -3.93. The number of esters is 3. The van der Waals surface area contributed by atoms with Gasteiger partial charge in [0.05, 0.1) is 0 Å². The Morgan fingerprint density at radius 1 is 0.313 bits per heavy atom. The quantitative estimate of drug-likeness (QED) is 0.0262. The number of ether oxygens (including phenoxy) is 3. The van der Waals surface area contributed by atoms with Gasteiger partial charge in [0.25, 0.3) is 0 Å². The molecule has 0 amide bonds. The van der Waals surface area contributed by atoms with Crippen molar-refractivity contribution < 1.29 is 28.6 Å². The predicted molar refractivity (Wildman–Crippen MR) is 288 cm³/mol. The van der Waals surface area contributed by atoms with Crippen LogP contribution < -0.4 is 0 Å². The molecule has 0 aliphatic heterocycles. The third-order valence-corrected chi connectivity index (χ3v) is 11.3. The van der Waals surface area contributed by atoms with Crippen molar-refractivity contribution in [2.45, 2.75) is 245 Å². The van der Waals surface area contributed by atoms with Crippen LogP contribution in [-0.2, 0) is 28.6 Å². The molecule has 0 N–H and O–H groups in total. The second-order valence-electron chi connectivity index (χ2n) is 17.8. The molecule has 0 radical (unpaired) electrons. The highest BCUT2D eigenvalue weighted by Crippen LogP contribution is 2.13. The van der Waals surface area contributed by atoms with Gasteiger partial charge in [0.2, 0.25) is 0 Å². The van der Waals surface area contributed by atoms with Gasteiger partial charge in [0.15, 0.2) is 6.10 Å². The Morgan fingerprint density at radius 2 is 0.582 bits per heavy atom. The number of unbranched alkanes of at least 4 members (excludes halogenated alkanes) is 19. The molecule has 380 valence electrons. The third kappa shape index (κ3) is 52.9. The van der Waals surface area contributed by atoms with E-state index in [4.69, 9.17) is 14.2 Å². The molecule has 0 rings (SSSR count). The second kappa shape index (κ2) is 54.7. The average molecular weight is 929 g/mol. The molecule has 0 spiro atoms. The van der Waals surface area contributed by atoms with Crippen LogP contribution in [0, 0.1) is 0 Å². The van der Waals surface area contributed by atoms with Crippen LogP contribution >= 0.6 is 0 Å². The van der Waals surface area contributed by atoms with Gasteiger partial charge in [-0.1, -0.05) is 220 Å². The molecule has 1 atom stereocenters. The van der Waals surface area contributed by atoms with Gasteiger partial charge in [-0.25, -0.2) is 0 Å². The normalized spacial score (nSPS) is 12.9. The summed E-state index contributed by atoms with van der Waals surface area (Å²) in [7, 11) is 0. The Kier molecular flexibility index (Phi) is 51.5. The van der Waals surface area contributed by atoms with E-state index in [2.05, 4.69) is 130 Å². The lowest BCUT2D eigenvalue weighted by Crippen LogP contribution is -2.30. The molecule has 0 aromatic heterocycles. The van der Waals surface area contributed by atoms with Crippen LogP contribution in [0.1, 0.15) is 239 Å². The Labute approximate surface area is 412 Å². The molecule has 0 fully saturated rings. The third-order valence-electron chi connectivity index (χ3n) is 11.3. The van der Waals surface area contributed by atoms with E-state index in [9.17, 15) is 14.4 Å². The van der Waals surface area contributed by atoms with Crippen LogP contribution in [0.25, 0.3) is 0 Å². The highest BCUT2D eigenvalue weighted by atomic mass is 16.6. The minimum absolute atomic E-state index is 0.0955. The van der Waals surface area contributed by atoms with Gasteiger partial charge >= 0.3 is 17.9 Å². The zero-order valence-electron chi connectivity index (χ0n) is 43.4. The molecule has 0 saturated heterocycles. The summed E-state index contributed by atoms with van der Waals surface area (Å²) < 4.78 is 16.7. The van der Waals surface area contributed by atoms with Crippen molar-refractivity contribution in [3.63, 3.8) is 0 Å². The Morgan fingerprint density at radius 3 is 0.955 bits per heavy atom. The molecular weight excluding hydrogens is 829 g/mol. The summed E-state index contributed by atoms with van der Waals surface area (Å²) in [5.74, 6) is -0.958. The van der Waals surface area contributed by atoms with Crippen LogP contribution in [0.4, 0.5) is 0 Å². The number of carbonyl (C=O) groups excluding carboxylic acids is 3. The van der Waals surface area contributed by atoms with Gasteiger partial charge in [-0.05, 0) is 109 Å². The molecule has 0 aliphatic carbocycles. The van der Waals surface area contributed by atoms with Crippen LogP contribution in [-0.4, -0.2) is 37.2 Å². The maximum absolute atomic E-state index is 12.8. The fourth-order valence-corrected chi connectivity index (χ4v) is 7.16. The number of allylic oxidation sites excluding steroid dienone is 18. The molecular formula is C61H100O6. The molecule has 67 heavy (non-hydrogen) atoms. The first-order valence-electron chi connectivity index (χ1n) is 27.4. The fourth-order valence-electron chi connectivity index (χ4n) is 7.16. The van der Waals surface area contributed by atoms with Gasteiger partial charge in [-0.3, -0.25) is 14.4 Å². The van der Waals surface area contributed by atoms with Gasteiger partial charge < -0.3 is 14.2 Å². The molecule has 0 aliphatic rings. The average Bonchev–Trinajstić information content (AvgIpc) is 3.33. The maximum atomic E-state index is 12.8. The SMILES string of the molecule is CC/C=C\C/C=C\C/C=C\C/C=C\C/C=C\C/C=C\C/C=C\C/C=C\CCCCC(=O)OCC(COC(=O)CCCCCCCCCC)OC(=O)CCCCCCC/C=C\CCCCCCC. The van der Waals surface area contributed by atoms with Crippen molar-refractivity contribution in [3.8, 4) is 0 Å². The largest absolute Gasteiger partial charge is 0.462 e. The van der Waals surface area contributed by atoms with Gasteiger partial charge in [0, 0.05) is 19.3 Å². The molecule has 6 heteroatoms. The van der Waals surface area contributed by atoms with E-state index in [1.54, 1.807) is 0 Å². The molecule has 0 saturated carbocycles. The highest BCUT2D eigenvalue weighted by Gasteiger charge is 2.19. The standard InChI is InChI=1S/C61H100O6/c1-4-7-10-13-16-19-21-23-25-26-27-28-29-30-31-32-33-34-35-36-37-39-40-42-45-48-51-54-60(63)66-57-58(56-65-59(62)53-50-47-44-18-15-12-9-6-3)67-61(64)55-52-49-46-43-41-38-24-22-20-17-14-11-8-5-2/h7,10,16,19,22-25,27-28,30-31,33-34,36-37,40,42,58H,4-6,8-9,11-15,17-18,20-21,26,29,32,35,38-39,41,43-57H2,1-3H3/b10-7-,19-16-,24-22-,25-23-,28-27-,31-30-,34-33-,37-36-,42-40-. The lowest BCUT2D eigenvalue weighted by atomic mass is 10.1. The smallest absolute Gasteiger partial charge is 0.306 e. The van der Waals surface area contributed by atoms with Crippen molar-refractivity contribution in [2.75, 3.05) is 13.2 Å². The lowest BCUT2D eigenvalue weighted by Gasteiger charge is -2.18. The maximum Gasteiger partial charge on any atom is 0.306 e. The van der Waals surface area contributed by atoms with Crippen molar-refractivity contribution in [1.82, 2.24) is 0 Å². The van der Waals surface area contributed by atoms with Gasteiger partial charge in [0.1, 0.15) is 13.2 Å². The molecule has 1 unspecified atom stereocenters. The van der Waals surface area contributed by atoms with Crippen LogP contribution in [0.2, 0.25) is 0 Å². The van der Waals surface area contributed by atoms with E-state index in [1.165, 1.54) is 77.0 Å².